The van der Waals surface area contributed by atoms with Crippen LogP contribution in [0.15, 0.2) is 36.4 Å². The molecule has 1 atom stereocenters. The molecule has 0 saturated carbocycles. The van der Waals surface area contributed by atoms with Gasteiger partial charge in [0, 0.05) is 10.9 Å². The van der Waals surface area contributed by atoms with Crippen LogP contribution in [0.3, 0.4) is 0 Å². The summed E-state index contributed by atoms with van der Waals surface area (Å²) >= 11 is 6.05. The Morgan fingerprint density at radius 2 is 1.70 bits per heavy atom. The minimum Gasteiger partial charge on any atom is -0.396 e. The lowest BCUT2D eigenvalue weighted by Crippen LogP contribution is -2.10. The molecule has 0 radical (unpaired) electrons. The highest BCUT2D eigenvalue weighted by Crippen LogP contribution is 2.27. The van der Waals surface area contributed by atoms with Crippen molar-refractivity contribution < 1.29 is 5.11 Å². The minimum absolute atomic E-state index is 0.0915. The molecule has 0 bridgehead atoms. The van der Waals surface area contributed by atoms with E-state index in [1.165, 1.54) is 22.3 Å². The van der Waals surface area contributed by atoms with Crippen LogP contribution in [0.1, 0.15) is 33.7 Å². The summed E-state index contributed by atoms with van der Waals surface area (Å²) in [6.07, 6.45) is 0.842. The van der Waals surface area contributed by atoms with E-state index in [1.807, 2.05) is 24.3 Å². The zero-order valence-electron chi connectivity index (χ0n) is 12.3. The van der Waals surface area contributed by atoms with Crippen molar-refractivity contribution in [1.29, 1.82) is 0 Å². The Morgan fingerprint density at radius 3 is 2.25 bits per heavy atom. The molecule has 106 valence electrons. The molecule has 0 aliphatic carbocycles. The second-order valence-corrected chi connectivity index (χ2v) is 5.95. The number of aryl methyl sites for hydroxylation is 3. The van der Waals surface area contributed by atoms with E-state index in [-0.39, 0.29) is 12.5 Å². The molecule has 2 aromatic carbocycles. The average Bonchev–Trinajstić information content (AvgIpc) is 2.38. The average molecular weight is 289 g/mol. The van der Waals surface area contributed by atoms with Crippen LogP contribution in [-0.2, 0) is 6.42 Å². The van der Waals surface area contributed by atoms with Crippen LogP contribution in [0.5, 0.6) is 0 Å². The number of rotatable bonds is 4. The molecule has 2 heteroatoms. The molecule has 2 aromatic rings. The third kappa shape index (κ3) is 3.41. The van der Waals surface area contributed by atoms with Crippen molar-refractivity contribution in [1.82, 2.24) is 0 Å². The van der Waals surface area contributed by atoms with Gasteiger partial charge in [0.05, 0.1) is 6.61 Å². The lowest BCUT2D eigenvalue weighted by molar-refractivity contribution is 0.264. The summed E-state index contributed by atoms with van der Waals surface area (Å²) in [5.74, 6) is 0.0915. The molecule has 1 N–H and O–H groups in total. The second-order valence-electron chi connectivity index (χ2n) is 5.52. The van der Waals surface area contributed by atoms with Crippen LogP contribution in [0, 0.1) is 20.8 Å². The Balaban J connectivity index is 2.32. The van der Waals surface area contributed by atoms with Gasteiger partial charge in [0.2, 0.25) is 0 Å². The van der Waals surface area contributed by atoms with E-state index < -0.39 is 0 Å². The number of aliphatic hydroxyl groups excluding tert-OH is 1. The van der Waals surface area contributed by atoms with Crippen molar-refractivity contribution >= 4 is 11.6 Å². The van der Waals surface area contributed by atoms with Gasteiger partial charge >= 0.3 is 0 Å². The predicted octanol–water partition coefficient (Wildman–Crippen LogP) is 4.58. The van der Waals surface area contributed by atoms with E-state index in [4.69, 9.17) is 11.6 Å². The van der Waals surface area contributed by atoms with Crippen LogP contribution >= 0.6 is 11.6 Å². The first-order valence-corrected chi connectivity index (χ1v) is 7.32. The third-order valence-corrected chi connectivity index (χ3v) is 4.07. The Kier molecular flexibility index (Phi) is 4.85. The molecule has 1 nitrogen and oxygen atoms in total. The SMILES string of the molecule is Cc1cc(C)c(CC(CO)c2cccc(Cl)c2)c(C)c1. The smallest absolute Gasteiger partial charge is 0.0502 e. The molecule has 0 saturated heterocycles. The second kappa shape index (κ2) is 6.43. The maximum absolute atomic E-state index is 9.72. The van der Waals surface area contributed by atoms with Crippen LogP contribution < -0.4 is 0 Å². The van der Waals surface area contributed by atoms with Gasteiger partial charge in [0.25, 0.3) is 0 Å². The first-order valence-electron chi connectivity index (χ1n) is 6.94. The van der Waals surface area contributed by atoms with E-state index in [2.05, 4.69) is 32.9 Å². The molecule has 0 fully saturated rings. The zero-order chi connectivity index (χ0) is 14.7. The highest BCUT2D eigenvalue weighted by Gasteiger charge is 2.15. The van der Waals surface area contributed by atoms with Crippen molar-refractivity contribution in [2.75, 3.05) is 6.61 Å². The molecule has 0 aliphatic rings. The Labute approximate surface area is 126 Å². The van der Waals surface area contributed by atoms with Crippen LogP contribution in [-0.4, -0.2) is 11.7 Å². The van der Waals surface area contributed by atoms with Crippen LogP contribution in [0.25, 0.3) is 0 Å². The van der Waals surface area contributed by atoms with Gasteiger partial charge in [-0.25, -0.2) is 0 Å². The predicted molar refractivity (Wildman–Crippen MR) is 85.6 cm³/mol. The number of halogens is 1. The molecule has 0 amide bonds. The van der Waals surface area contributed by atoms with Crippen molar-refractivity contribution in [2.24, 2.45) is 0 Å². The Hall–Kier alpha value is -1.31. The highest BCUT2D eigenvalue weighted by atomic mass is 35.5. The molecule has 20 heavy (non-hydrogen) atoms. The monoisotopic (exact) mass is 288 g/mol. The van der Waals surface area contributed by atoms with Gasteiger partial charge in [0.1, 0.15) is 0 Å². The van der Waals surface area contributed by atoms with Crippen LogP contribution in [0.4, 0.5) is 0 Å². The van der Waals surface area contributed by atoms with Gasteiger partial charge < -0.3 is 5.11 Å². The fourth-order valence-electron chi connectivity index (χ4n) is 2.83. The van der Waals surface area contributed by atoms with E-state index in [9.17, 15) is 5.11 Å². The van der Waals surface area contributed by atoms with Gasteiger partial charge in [0.15, 0.2) is 0 Å². The summed E-state index contributed by atoms with van der Waals surface area (Å²) < 4.78 is 0. The number of hydrogen-bond acceptors (Lipinski definition) is 1. The largest absolute Gasteiger partial charge is 0.396 e. The maximum atomic E-state index is 9.72. The Bertz CT molecular complexity index is 581. The summed E-state index contributed by atoms with van der Waals surface area (Å²) in [7, 11) is 0. The molecule has 0 aromatic heterocycles. The lowest BCUT2D eigenvalue weighted by atomic mass is 9.88. The van der Waals surface area contributed by atoms with Crippen molar-refractivity contribution in [3.63, 3.8) is 0 Å². The standard InChI is InChI=1S/C18H21ClO/c1-12-7-13(2)18(14(3)8-12)10-16(11-20)15-5-4-6-17(19)9-15/h4-9,16,20H,10-11H2,1-3H3. The van der Waals surface area contributed by atoms with Gasteiger partial charge in [-0.1, -0.05) is 41.4 Å². The van der Waals surface area contributed by atoms with Crippen molar-refractivity contribution in [2.45, 2.75) is 33.1 Å². The van der Waals surface area contributed by atoms with Crippen molar-refractivity contribution in [3.8, 4) is 0 Å². The maximum Gasteiger partial charge on any atom is 0.0502 e. The fourth-order valence-corrected chi connectivity index (χ4v) is 3.03. The topological polar surface area (TPSA) is 20.2 Å². The van der Waals surface area contributed by atoms with Crippen molar-refractivity contribution in [3.05, 3.63) is 69.2 Å². The summed E-state index contributed by atoms with van der Waals surface area (Å²) in [4.78, 5) is 0. The van der Waals surface area contributed by atoms with Gasteiger partial charge in [-0.3, -0.25) is 0 Å². The summed E-state index contributed by atoms with van der Waals surface area (Å²) in [6, 6.07) is 12.2. The van der Waals surface area contributed by atoms with E-state index >= 15 is 0 Å². The third-order valence-electron chi connectivity index (χ3n) is 3.83. The molecular weight excluding hydrogens is 268 g/mol. The Morgan fingerprint density at radius 1 is 1.05 bits per heavy atom. The molecule has 0 spiro atoms. The fraction of sp³-hybridized carbons (Fsp3) is 0.333. The normalized spacial score (nSPS) is 12.4. The minimum atomic E-state index is 0.0915. The van der Waals surface area contributed by atoms with E-state index in [0.29, 0.717) is 0 Å². The molecular formula is C18H21ClO. The molecule has 2 rings (SSSR count). The number of benzene rings is 2. The number of hydrogen-bond donors (Lipinski definition) is 1. The molecule has 0 heterocycles. The summed E-state index contributed by atoms with van der Waals surface area (Å²) in [5, 5.41) is 10.4. The summed E-state index contributed by atoms with van der Waals surface area (Å²) in [6.45, 7) is 6.53. The zero-order valence-corrected chi connectivity index (χ0v) is 13.0. The van der Waals surface area contributed by atoms with E-state index in [1.54, 1.807) is 0 Å². The first-order chi connectivity index (χ1) is 9.51. The number of aliphatic hydroxyl groups is 1. The van der Waals surface area contributed by atoms with Gasteiger partial charge in [-0.15, -0.1) is 0 Å². The first kappa shape index (κ1) is 15.1. The van der Waals surface area contributed by atoms with E-state index in [0.717, 1.165) is 17.0 Å². The van der Waals surface area contributed by atoms with Crippen LogP contribution in [0.2, 0.25) is 5.02 Å². The highest BCUT2D eigenvalue weighted by molar-refractivity contribution is 6.30. The quantitative estimate of drug-likeness (QED) is 0.873. The summed E-state index contributed by atoms with van der Waals surface area (Å²) in [5.41, 5.74) is 6.30. The van der Waals surface area contributed by atoms with Gasteiger partial charge in [-0.2, -0.15) is 0 Å². The molecule has 0 aliphatic heterocycles. The lowest BCUT2D eigenvalue weighted by Gasteiger charge is -2.19. The molecule has 1 unspecified atom stereocenters. The van der Waals surface area contributed by atoms with Gasteiger partial charge in [-0.05, 0) is 61.6 Å².